The molecule has 3 aromatic rings. The fourth-order valence-electron chi connectivity index (χ4n) is 3.23. The van der Waals surface area contributed by atoms with Gasteiger partial charge in [-0.2, -0.15) is 0 Å². The van der Waals surface area contributed by atoms with E-state index in [1.165, 1.54) is 18.4 Å². The molecule has 0 bridgehead atoms. The van der Waals surface area contributed by atoms with E-state index in [0.29, 0.717) is 13.1 Å². The average molecular weight is 536 g/mol. The topological polar surface area (TPSA) is 75.8 Å². The summed E-state index contributed by atoms with van der Waals surface area (Å²) in [6, 6.07) is 12.2. The van der Waals surface area contributed by atoms with Gasteiger partial charge >= 0.3 is 0 Å². The number of hydrogen-bond donors (Lipinski definition) is 2. The van der Waals surface area contributed by atoms with E-state index in [9.17, 15) is 0 Å². The molecule has 0 saturated carbocycles. The minimum absolute atomic E-state index is 0. The number of aliphatic imine (C=N–C) groups is 1. The van der Waals surface area contributed by atoms with E-state index in [2.05, 4.69) is 57.9 Å². The van der Waals surface area contributed by atoms with Crippen molar-refractivity contribution in [3.05, 3.63) is 59.5 Å². The van der Waals surface area contributed by atoms with Gasteiger partial charge in [0.15, 0.2) is 11.6 Å². The predicted octanol–water partition coefficient (Wildman–Crippen LogP) is 4.13. The number of ether oxygens (including phenoxy) is 1. The lowest BCUT2D eigenvalue weighted by atomic mass is 10.1. The van der Waals surface area contributed by atoms with Crippen molar-refractivity contribution in [2.45, 2.75) is 46.1 Å². The van der Waals surface area contributed by atoms with E-state index in [0.717, 1.165) is 48.2 Å². The van der Waals surface area contributed by atoms with Gasteiger partial charge < -0.3 is 15.4 Å². The number of aryl methyl sites for hydroxylation is 1. The number of guanidine groups is 1. The van der Waals surface area contributed by atoms with Gasteiger partial charge in [0.2, 0.25) is 0 Å². The van der Waals surface area contributed by atoms with Crippen molar-refractivity contribution < 1.29 is 4.74 Å². The van der Waals surface area contributed by atoms with Crippen LogP contribution in [0.2, 0.25) is 0 Å². The van der Waals surface area contributed by atoms with E-state index < -0.39 is 0 Å². The fraction of sp³-hybridized carbons (Fsp3) is 0.435. The van der Waals surface area contributed by atoms with Crippen LogP contribution in [-0.4, -0.2) is 40.8 Å². The zero-order chi connectivity index (χ0) is 21.2. The normalized spacial score (nSPS) is 11.3. The molecule has 0 atom stereocenters. The molecular weight excluding hydrogens is 503 g/mol. The second-order valence-electron chi connectivity index (χ2n) is 7.31. The molecule has 0 radical (unpaired) electrons. The van der Waals surface area contributed by atoms with Crippen molar-refractivity contribution in [1.82, 2.24) is 25.2 Å². The van der Waals surface area contributed by atoms with Gasteiger partial charge in [-0.15, -0.1) is 34.2 Å². The quantitative estimate of drug-likeness (QED) is 0.176. The van der Waals surface area contributed by atoms with Crippen LogP contribution in [0.4, 0.5) is 0 Å². The molecule has 2 heterocycles. The van der Waals surface area contributed by atoms with Crippen LogP contribution in [0.15, 0.2) is 47.6 Å². The van der Waals surface area contributed by atoms with E-state index in [1.54, 1.807) is 7.05 Å². The molecule has 0 aliphatic rings. The Hall–Kier alpha value is -2.36. The highest BCUT2D eigenvalue weighted by molar-refractivity contribution is 14.0. The van der Waals surface area contributed by atoms with Crippen molar-refractivity contribution >= 4 is 35.6 Å². The average Bonchev–Trinajstić information content (AvgIpc) is 3.18. The third kappa shape index (κ3) is 7.37. The summed E-state index contributed by atoms with van der Waals surface area (Å²) in [6.07, 6.45) is 6.20. The summed E-state index contributed by atoms with van der Waals surface area (Å²) in [5.41, 5.74) is 3.19. The molecule has 0 fully saturated rings. The van der Waals surface area contributed by atoms with Gasteiger partial charge in [-0.05, 0) is 37.1 Å². The summed E-state index contributed by atoms with van der Waals surface area (Å²) in [6.45, 7) is 6.40. The number of pyridine rings is 1. The monoisotopic (exact) mass is 536 g/mol. The second kappa shape index (κ2) is 13.1. The lowest BCUT2D eigenvalue weighted by Gasteiger charge is -2.15. The molecule has 0 aliphatic heterocycles. The SMILES string of the molecule is CCCCCOc1cc(C)ccc1CNC(=NC)NCCc1nnc2ccccn12.I. The van der Waals surface area contributed by atoms with Crippen molar-refractivity contribution in [1.29, 1.82) is 0 Å². The molecule has 3 rings (SSSR count). The third-order valence-corrected chi connectivity index (χ3v) is 4.92. The van der Waals surface area contributed by atoms with Crippen LogP contribution in [-0.2, 0) is 13.0 Å². The van der Waals surface area contributed by atoms with Crippen LogP contribution in [0, 0.1) is 6.92 Å². The molecule has 168 valence electrons. The fourth-order valence-corrected chi connectivity index (χ4v) is 3.23. The lowest BCUT2D eigenvalue weighted by molar-refractivity contribution is 0.303. The summed E-state index contributed by atoms with van der Waals surface area (Å²) in [5, 5.41) is 15.2. The molecule has 1 aromatic carbocycles. The Morgan fingerprint density at radius 3 is 2.81 bits per heavy atom. The molecule has 0 unspecified atom stereocenters. The molecule has 0 saturated heterocycles. The lowest BCUT2D eigenvalue weighted by Crippen LogP contribution is -2.38. The Labute approximate surface area is 201 Å². The molecule has 8 heteroatoms. The first kappa shape index (κ1) is 24.9. The summed E-state index contributed by atoms with van der Waals surface area (Å²) < 4.78 is 8.05. The largest absolute Gasteiger partial charge is 0.493 e. The van der Waals surface area contributed by atoms with Crippen molar-refractivity contribution in [3.63, 3.8) is 0 Å². The highest BCUT2D eigenvalue weighted by Crippen LogP contribution is 2.20. The zero-order valence-electron chi connectivity index (χ0n) is 18.6. The number of unbranched alkanes of at least 4 members (excludes halogenated alkanes) is 2. The van der Waals surface area contributed by atoms with Crippen molar-refractivity contribution in [2.75, 3.05) is 20.2 Å². The van der Waals surface area contributed by atoms with Crippen LogP contribution in [0.25, 0.3) is 5.65 Å². The number of fused-ring (bicyclic) bond motifs is 1. The Kier molecular flexibility index (Phi) is 10.6. The number of nitrogens with one attached hydrogen (secondary N) is 2. The molecule has 0 amide bonds. The maximum atomic E-state index is 6.04. The van der Waals surface area contributed by atoms with Crippen LogP contribution < -0.4 is 15.4 Å². The minimum Gasteiger partial charge on any atom is -0.493 e. The molecule has 0 spiro atoms. The molecule has 0 aliphatic carbocycles. The summed E-state index contributed by atoms with van der Waals surface area (Å²) in [7, 11) is 1.78. The van der Waals surface area contributed by atoms with Crippen LogP contribution in [0.5, 0.6) is 5.75 Å². The van der Waals surface area contributed by atoms with Gasteiger partial charge in [0.05, 0.1) is 6.61 Å². The summed E-state index contributed by atoms with van der Waals surface area (Å²) in [5.74, 6) is 2.63. The zero-order valence-corrected chi connectivity index (χ0v) is 20.9. The Balaban J connectivity index is 0.00000341. The van der Waals surface area contributed by atoms with Gasteiger partial charge in [0.25, 0.3) is 0 Å². The van der Waals surface area contributed by atoms with Gasteiger partial charge in [-0.1, -0.05) is 38.0 Å². The third-order valence-electron chi connectivity index (χ3n) is 4.92. The maximum absolute atomic E-state index is 6.04. The summed E-state index contributed by atoms with van der Waals surface area (Å²) >= 11 is 0. The minimum atomic E-state index is 0. The summed E-state index contributed by atoms with van der Waals surface area (Å²) in [4.78, 5) is 4.33. The number of aromatic nitrogens is 3. The van der Waals surface area contributed by atoms with Crippen molar-refractivity contribution in [2.24, 2.45) is 4.99 Å². The first-order valence-corrected chi connectivity index (χ1v) is 10.7. The molecule has 7 nitrogen and oxygen atoms in total. The Morgan fingerprint density at radius 1 is 1.13 bits per heavy atom. The number of nitrogens with zero attached hydrogens (tertiary/aromatic N) is 4. The molecular formula is C23H33IN6O. The van der Waals surface area contributed by atoms with Gasteiger partial charge in [0, 0.05) is 38.3 Å². The highest BCUT2D eigenvalue weighted by atomic mass is 127. The van der Waals surface area contributed by atoms with Crippen LogP contribution >= 0.6 is 24.0 Å². The van der Waals surface area contributed by atoms with Gasteiger partial charge in [-0.3, -0.25) is 9.39 Å². The number of benzene rings is 1. The molecule has 2 aromatic heterocycles. The Morgan fingerprint density at radius 2 is 2.00 bits per heavy atom. The second-order valence-corrected chi connectivity index (χ2v) is 7.31. The van der Waals surface area contributed by atoms with Crippen LogP contribution in [0.3, 0.4) is 0 Å². The van der Waals surface area contributed by atoms with Gasteiger partial charge in [-0.25, -0.2) is 0 Å². The van der Waals surface area contributed by atoms with Crippen LogP contribution in [0.1, 0.15) is 43.1 Å². The van der Waals surface area contributed by atoms with E-state index >= 15 is 0 Å². The molecule has 31 heavy (non-hydrogen) atoms. The smallest absolute Gasteiger partial charge is 0.191 e. The standard InChI is InChI=1S/C23H32N6O.HI/c1-4-5-8-15-30-20-16-18(2)10-11-19(20)17-26-23(24-3)25-13-12-22-28-27-21-9-6-7-14-29(21)22;/h6-7,9-11,14,16H,4-5,8,12-13,15,17H2,1-3H3,(H2,24,25,26);1H. The van der Waals surface area contributed by atoms with Crippen molar-refractivity contribution in [3.8, 4) is 5.75 Å². The number of rotatable bonds is 10. The predicted molar refractivity (Wildman–Crippen MR) is 137 cm³/mol. The molecule has 2 N–H and O–H groups in total. The Bertz CT molecular complexity index is 972. The van der Waals surface area contributed by atoms with Gasteiger partial charge in [0.1, 0.15) is 11.6 Å². The highest BCUT2D eigenvalue weighted by Gasteiger charge is 2.07. The number of halogens is 1. The van der Waals surface area contributed by atoms with E-state index in [1.807, 2.05) is 28.8 Å². The number of hydrogen-bond acceptors (Lipinski definition) is 4. The van der Waals surface area contributed by atoms with E-state index in [-0.39, 0.29) is 24.0 Å². The first-order valence-electron chi connectivity index (χ1n) is 10.7. The first-order chi connectivity index (χ1) is 14.7. The maximum Gasteiger partial charge on any atom is 0.191 e. The van der Waals surface area contributed by atoms with E-state index in [4.69, 9.17) is 4.74 Å².